The van der Waals surface area contributed by atoms with Crippen LogP contribution in [0.25, 0.3) is 11.5 Å². The van der Waals surface area contributed by atoms with Crippen LogP contribution in [0.15, 0.2) is 59.3 Å². The van der Waals surface area contributed by atoms with E-state index in [1.807, 2.05) is 42.5 Å². The fraction of sp³-hybridized carbons (Fsp3) is 0.0714. The van der Waals surface area contributed by atoms with Crippen molar-refractivity contribution in [1.82, 2.24) is 15.2 Å². The predicted molar refractivity (Wildman–Crippen MR) is 71.3 cm³/mol. The molecule has 0 fully saturated rings. The molecule has 0 saturated carbocycles. The van der Waals surface area contributed by atoms with Gasteiger partial charge in [0.1, 0.15) is 0 Å². The zero-order chi connectivity index (χ0) is 12.9. The summed E-state index contributed by atoms with van der Waals surface area (Å²) in [5, 5.41) is 11.0. The smallest absolute Gasteiger partial charge is 0.316 e. The molecule has 0 atom stereocenters. The van der Waals surface area contributed by atoms with Gasteiger partial charge in [0.25, 0.3) is 0 Å². The molecule has 2 heterocycles. The molecule has 3 aromatic rings. The number of rotatable bonds is 4. The van der Waals surface area contributed by atoms with Gasteiger partial charge in [-0.15, -0.1) is 5.10 Å². The molecule has 1 aromatic carbocycles. The Bertz CT molecular complexity index is 637. The lowest BCUT2D eigenvalue weighted by molar-refractivity contribution is 0.581. The Balaban J connectivity index is 1.69. The van der Waals surface area contributed by atoms with Crippen molar-refractivity contribution in [1.29, 1.82) is 0 Å². The molecule has 5 nitrogen and oxygen atoms in total. The lowest BCUT2D eigenvalue weighted by Crippen LogP contribution is -1.99. The topological polar surface area (TPSA) is 63.8 Å². The van der Waals surface area contributed by atoms with Crippen molar-refractivity contribution in [2.24, 2.45) is 0 Å². The molecule has 0 aliphatic heterocycles. The van der Waals surface area contributed by atoms with E-state index in [0.717, 1.165) is 11.1 Å². The van der Waals surface area contributed by atoms with Crippen LogP contribution in [0.1, 0.15) is 5.56 Å². The molecule has 94 valence electrons. The first kappa shape index (κ1) is 11.4. The van der Waals surface area contributed by atoms with Crippen LogP contribution >= 0.6 is 0 Å². The second-order valence-electron chi connectivity index (χ2n) is 3.99. The van der Waals surface area contributed by atoms with Crippen molar-refractivity contribution in [3.8, 4) is 11.5 Å². The molecule has 0 spiro atoms. The fourth-order valence-corrected chi connectivity index (χ4v) is 1.67. The van der Waals surface area contributed by atoms with Gasteiger partial charge in [0.15, 0.2) is 0 Å². The van der Waals surface area contributed by atoms with E-state index >= 15 is 0 Å². The van der Waals surface area contributed by atoms with Crippen LogP contribution in [0.3, 0.4) is 0 Å². The first-order chi connectivity index (χ1) is 9.42. The molecule has 0 radical (unpaired) electrons. The van der Waals surface area contributed by atoms with Gasteiger partial charge in [0.05, 0.1) is 0 Å². The van der Waals surface area contributed by atoms with Gasteiger partial charge in [-0.05, 0) is 23.8 Å². The van der Waals surface area contributed by atoms with Gasteiger partial charge in [0.2, 0.25) is 5.89 Å². The first-order valence-corrected chi connectivity index (χ1v) is 5.93. The maximum atomic E-state index is 5.54. The van der Waals surface area contributed by atoms with Crippen molar-refractivity contribution in [2.75, 3.05) is 5.32 Å². The molecule has 0 aliphatic rings. The number of nitrogens with one attached hydrogen (secondary N) is 1. The standard InChI is InChI=1S/C14H12N4O/c1-2-6-12(7-3-1)13-17-18-14(19-13)16-10-11-5-4-8-15-9-11/h1-9H,10H2,(H,16,18). The van der Waals surface area contributed by atoms with E-state index in [2.05, 4.69) is 20.5 Å². The molecule has 0 bridgehead atoms. The maximum absolute atomic E-state index is 5.54. The minimum absolute atomic E-state index is 0.405. The molecule has 0 aliphatic carbocycles. The second kappa shape index (κ2) is 5.30. The van der Waals surface area contributed by atoms with E-state index in [-0.39, 0.29) is 0 Å². The molecule has 5 heteroatoms. The summed E-state index contributed by atoms with van der Waals surface area (Å²) < 4.78 is 5.54. The van der Waals surface area contributed by atoms with Gasteiger partial charge in [-0.2, -0.15) is 0 Å². The zero-order valence-corrected chi connectivity index (χ0v) is 10.2. The van der Waals surface area contributed by atoms with Gasteiger partial charge >= 0.3 is 6.01 Å². The number of nitrogens with zero attached hydrogens (tertiary/aromatic N) is 3. The Morgan fingerprint density at radius 2 is 1.89 bits per heavy atom. The Kier molecular flexibility index (Phi) is 3.18. The Morgan fingerprint density at radius 1 is 1.00 bits per heavy atom. The third kappa shape index (κ3) is 2.77. The summed E-state index contributed by atoms with van der Waals surface area (Å²) in [6, 6.07) is 13.9. The van der Waals surface area contributed by atoms with Crippen LogP contribution in [0.4, 0.5) is 6.01 Å². The SMILES string of the molecule is c1ccc(-c2nnc(NCc3cccnc3)o2)cc1. The first-order valence-electron chi connectivity index (χ1n) is 5.93. The third-order valence-electron chi connectivity index (χ3n) is 2.61. The van der Waals surface area contributed by atoms with Crippen molar-refractivity contribution in [3.05, 3.63) is 60.4 Å². The summed E-state index contributed by atoms with van der Waals surface area (Å²) in [5.74, 6) is 0.509. The number of anilines is 1. The Hall–Kier alpha value is -2.69. The minimum Gasteiger partial charge on any atom is -0.403 e. The van der Waals surface area contributed by atoms with Crippen molar-refractivity contribution in [2.45, 2.75) is 6.54 Å². The summed E-state index contributed by atoms with van der Waals surface area (Å²) in [6.45, 7) is 0.601. The van der Waals surface area contributed by atoms with Crippen LogP contribution in [-0.4, -0.2) is 15.2 Å². The van der Waals surface area contributed by atoms with E-state index in [1.165, 1.54) is 0 Å². The van der Waals surface area contributed by atoms with E-state index in [1.54, 1.807) is 12.4 Å². The Labute approximate surface area is 110 Å². The Morgan fingerprint density at radius 3 is 2.68 bits per heavy atom. The van der Waals surface area contributed by atoms with Gasteiger partial charge in [0, 0.05) is 24.5 Å². The summed E-state index contributed by atoms with van der Waals surface area (Å²) in [7, 11) is 0. The van der Waals surface area contributed by atoms with Crippen LogP contribution in [-0.2, 0) is 6.54 Å². The highest BCUT2D eigenvalue weighted by molar-refractivity contribution is 5.52. The molecule has 19 heavy (non-hydrogen) atoms. The quantitative estimate of drug-likeness (QED) is 0.773. The molecule has 0 saturated heterocycles. The van der Waals surface area contributed by atoms with E-state index in [9.17, 15) is 0 Å². The van der Waals surface area contributed by atoms with Gasteiger partial charge < -0.3 is 9.73 Å². The van der Waals surface area contributed by atoms with Crippen LogP contribution in [0.2, 0.25) is 0 Å². The summed E-state index contributed by atoms with van der Waals surface area (Å²) >= 11 is 0. The number of pyridine rings is 1. The van der Waals surface area contributed by atoms with E-state index in [0.29, 0.717) is 18.5 Å². The number of benzene rings is 1. The summed E-state index contributed by atoms with van der Waals surface area (Å²) in [5.41, 5.74) is 1.96. The molecular formula is C14H12N4O. The highest BCUT2D eigenvalue weighted by Crippen LogP contribution is 2.19. The second-order valence-corrected chi connectivity index (χ2v) is 3.99. The third-order valence-corrected chi connectivity index (χ3v) is 2.61. The molecule has 3 rings (SSSR count). The lowest BCUT2D eigenvalue weighted by Gasteiger charge is -1.99. The molecule has 2 aromatic heterocycles. The molecule has 1 N–H and O–H groups in total. The number of aromatic nitrogens is 3. The van der Waals surface area contributed by atoms with Gasteiger partial charge in [-0.3, -0.25) is 4.98 Å². The van der Waals surface area contributed by atoms with Crippen LogP contribution in [0, 0.1) is 0 Å². The van der Waals surface area contributed by atoms with Gasteiger partial charge in [-0.25, -0.2) is 0 Å². The van der Waals surface area contributed by atoms with Crippen LogP contribution < -0.4 is 5.32 Å². The average molecular weight is 252 g/mol. The fourth-order valence-electron chi connectivity index (χ4n) is 1.67. The molecular weight excluding hydrogens is 240 g/mol. The van der Waals surface area contributed by atoms with E-state index < -0.39 is 0 Å². The van der Waals surface area contributed by atoms with Crippen molar-refractivity contribution < 1.29 is 4.42 Å². The summed E-state index contributed by atoms with van der Waals surface area (Å²) in [6.07, 6.45) is 3.53. The highest BCUT2D eigenvalue weighted by Gasteiger charge is 2.07. The molecule has 0 unspecified atom stereocenters. The number of hydrogen-bond donors (Lipinski definition) is 1. The van der Waals surface area contributed by atoms with Gasteiger partial charge in [-0.1, -0.05) is 29.4 Å². The van der Waals surface area contributed by atoms with Crippen molar-refractivity contribution in [3.63, 3.8) is 0 Å². The minimum atomic E-state index is 0.405. The van der Waals surface area contributed by atoms with Crippen LogP contribution in [0.5, 0.6) is 0 Å². The average Bonchev–Trinajstić information content (AvgIpc) is 2.96. The monoisotopic (exact) mass is 252 g/mol. The zero-order valence-electron chi connectivity index (χ0n) is 10.2. The largest absolute Gasteiger partial charge is 0.403 e. The number of hydrogen-bond acceptors (Lipinski definition) is 5. The summed E-state index contributed by atoms with van der Waals surface area (Å²) in [4.78, 5) is 4.04. The van der Waals surface area contributed by atoms with E-state index in [4.69, 9.17) is 4.42 Å². The normalized spacial score (nSPS) is 10.3. The predicted octanol–water partition coefficient (Wildman–Crippen LogP) is 2.74. The maximum Gasteiger partial charge on any atom is 0.316 e. The molecule has 0 amide bonds. The van der Waals surface area contributed by atoms with Crippen molar-refractivity contribution >= 4 is 6.01 Å². The highest BCUT2D eigenvalue weighted by atomic mass is 16.4. The lowest BCUT2D eigenvalue weighted by atomic mass is 10.2.